The van der Waals surface area contributed by atoms with Crippen LogP contribution >= 0.6 is 0 Å². The lowest BCUT2D eigenvalue weighted by atomic mass is 9.69. The van der Waals surface area contributed by atoms with Gasteiger partial charge in [-0.25, -0.2) is 9.18 Å². The maximum atomic E-state index is 14.4. The van der Waals surface area contributed by atoms with Crippen molar-refractivity contribution in [1.82, 2.24) is 4.90 Å². The van der Waals surface area contributed by atoms with Crippen LogP contribution in [0.15, 0.2) is 24.0 Å². The molecule has 3 heterocycles. The van der Waals surface area contributed by atoms with Crippen LogP contribution in [0, 0.1) is 17.7 Å². The monoisotopic (exact) mass is 434 g/mol. The lowest BCUT2D eigenvalue weighted by Gasteiger charge is -2.53. The number of nitrogens with zero attached hydrogens (tertiary/aromatic N) is 1. The van der Waals surface area contributed by atoms with Gasteiger partial charge in [-0.2, -0.15) is 0 Å². The Balaban J connectivity index is 1.71. The smallest absolute Gasteiger partial charge is 0.337 e. The zero-order valence-corrected chi connectivity index (χ0v) is 18.5. The number of esters is 1. The number of hydrogen-bond donors (Lipinski definition) is 2. The van der Waals surface area contributed by atoms with E-state index in [1.54, 1.807) is 6.07 Å². The molecular weight excluding hydrogens is 403 g/mol. The van der Waals surface area contributed by atoms with Gasteiger partial charge in [0.05, 0.1) is 44.8 Å². The molecule has 0 aliphatic carbocycles. The molecule has 7 nitrogen and oxygen atoms in total. The summed E-state index contributed by atoms with van der Waals surface area (Å²) in [5, 5.41) is 15.2. The summed E-state index contributed by atoms with van der Waals surface area (Å²) >= 11 is 0. The summed E-state index contributed by atoms with van der Waals surface area (Å²) in [6, 6.07) is 2.63. The van der Waals surface area contributed by atoms with Crippen LogP contribution in [-0.4, -0.2) is 62.5 Å². The number of rotatable bonds is 5. The van der Waals surface area contributed by atoms with E-state index in [0.717, 1.165) is 13.0 Å². The van der Waals surface area contributed by atoms with E-state index in [2.05, 4.69) is 17.1 Å². The number of aliphatic hydroxyl groups is 1. The Morgan fingerprint density at radius 1 is 1.39 bits per heavy atom. The molecule has 0 aromatic heterocycles. The summed E-state index contributed by atoms with van der Waals surface area (Å²) in [4.78, 5) is 14.9. The standard InChI is InChI=1S/C23H31FN2O5/c1-5-13-11-26-9-8-23(28)19-17(7-6-16(24)20(19)30-3)25-21(23)18(26)10-14(13)15(12-29-2)22(27)31-4/h6-7,12-14,18,21,25,28H,5,8-11H2,1-4H3/b15-12+. The average molecular weight is 435 g/mol. The van der Waals surface area contributed by atoms with Crippen LogP contribution in [0.1, 0.15) is 31.7 Å². The SMILES string of the molecule is CCC1CN2CCC3(O)c4c(ccc(F)c4OC)NC3C2CC1/C(=C\OC)C(=O)OC. The summed E-state index contributed by atoms with van der Waals surface area (Å²) in [5.74, 6) is -0.583. The van der Waals surface area contributed by atoms with Gasteiger partial charge in [0.1, 0.15) is 5.60 Å². The lowest BCUT2D eigenvalue weighted by molar-refractivity contribution is -0.138. The molecule has 4 rings (SSSR count). The maximum absolute atomic E-state index is 14.4. The Morgan fingerprint density at radius 3 is 2.81 bits per heavy atom. The summed E-state index contributed by atoms with van der Waals surface area (Å²) < 4.78 is 30.0. The van der Waals surface area contributed by atoms with Crippen molar-refractivity contribution in [3.05, 3.63) is 35.3 Å². The predicted molar refractivity (Wildman–Crippen MR) is 113 cm³/mol. The fraction of sp³-hybridized carbons (Fsp3) is 0.609. The number of nitrogens with one attached hydrogen (secondary N) is 1. The van der Waals surface area contributed by atoms with E-state index in [4.69, 9.17) is 14.2 Å². The van der Waals surface area contributed by atoms with Crippen LogP contribution in [0.5, 0.6) is 5.75 Å². The first kappa shape index (κ1) is 21.9. The summed E-state index contributed by atoms with van der Waals surface area (Å²) in [6.45, 7) is 3.61. The highest BCUT2D eigenvalue weighted by Gasteiger charge is 2.57. The molecule has 1 aromatic rings. The minimum atomic E-state index is -1.25. The first-order chi connectivity index (χ1) is 14.9. The van der Waals surface area contributed by atoms with Gasteiger partial charge in [0.15, 0.2) is 11.6 Å². The number of halogens is 1. The molecule has 3 aliphatic rings. The van der Waals surface area contributed by atoms with Crippen LogP contribution in [-0.2, 0) is 19.9 Å². The van der Waals surface area contributed by atoms with Crippen molar-refractivity contribution < 1.29 is 28.5 Å². The molecule has 170 valence electrons. The number of ether oxygens (including phenoxy) is 3. The number of anilines is 1. The molecule has 0 saturated carbocycles. The van der Waals surface area contributed by atoms with Crippen molar-refractivity contribution in [2.24, 2.45) is 11.8 Å². The van der Waals surface area contributed by atoms with Gasteiger partial charge in [0, 0.05) is 24.8 Å². The van der Waals surface area contributed by atoms with Crippen molar-refractivity contribution in [3.63, 3.8) is 0 Å². The highest BCUT2D eigenvalue weighted by molar-refractivity contribution is 5.88. The molecule has 5 unspecified atom stereocenters. The van der Waals surface area contributed by atoms with Gasteiger partial charge in [0.2, 0.25) is 0 Å². The van der Waals surface area contributed by atoms with E-state index in [1.807, 2.05) is 0 Å². The van der Waals surface area contributed by atoms with E-state index in [-0.39, 0.29) is 29.7 Å². The van der Waals surface area contributed by atoms with Gasteiger partial charge in [0.25, 0.3) is 0 Å². The minimum absolute atomic E-state index is 0.0448. The highest BCUT2D eigenvalue weighted by Crippen LogP contribution is 2.53. The molecule has 8 heteroatoms. The molecule has 2 fully saturated rings. The fourth-order valence-corrected chi connectivity index (χ4v) is 5.85. The largest absolute Gasteiger partial charge is 0.504 e. The van der Waals surface area contributed by atoms with Gasteiger partial charge in [-0.1, -0.05) is 13.3 Å². The van der Waals surface area contributed by atoms with E-state index in [1.165, 1.54) is 33.7 Å². The van der Waals surface area contributed by atoms with Crippen molar-refractivity contribution in [1.29, 1.82) is 0 Å². The second kappa shape index (κ2) is 8.31. The molecule has 3 aliphatic heterocycles. The third-order valence-electron chi connectivity index (χ3n) is 7.33. The average Bonchev–Trinajstić information content (AvgIpc) is 3.09. The number of fused-ring (bicyclic) bond motifs is 5. The summed E-state index contributed by atoms with van der Waals surface area (Å²) in [6.07, 6.45) is 3.53. The van der Waals surface area contributed by atoms with Crippen LogP contribution in [0.25, 0.3) is 0 Å². The van der Waals surface area contributed by atoms with Crippen molar-refractivity contribution in [3.8, 4) is 5.75 Å². The van der Waals surface area contributed by atoms with Crippen LogP contribution < -0.4 is 10.1 Å². The van der Waals surface area contributed by atoms with Crippen molar-refractivity contribution >= 4 is 11.7 Å². The number of benzene rings is 1. The van der Waals surface area contributed by atoms with Gasteiger partial charge in [-0.15, -0.1) is 0 Å². The molecule has 2 N–H and O–H groups in total. The predicted octanol–water partition coefficient (Wildman–Crippen LogP) is 2.64. The lowest BCUT2D eigenvalue weighted by Crippen LogP contribution is -2.64. The number of carbonyl (C=O) groups excluding carboxylic acids is 1. The molecular formula is C23H31FN2O5. The second-order valence-electron chi connectivity index (χ2n) is 8.67. The Kier molecular flexibility index (Phi) is 5.87. The third kappa shape index (κ3) is 3.36. The Morgan fingerprint density at radius 2 is 2.16 bits per heavy atom. The highest BCUT2D eigenvalue weighted by atomic mass is 19.1. The van der Waals surface area contributed by atoms with Gasteiger partial charge in [-0.3, -0.25) is 4.90 Å². The molecule has 0 amide bonds. The van der Waals surface area contributed by atoms with Crippen LogP contribution in [0.2, 0.25) is 0 Å². The molecule has 31 heavy (non-hydrogen) atoms. The first-order valence-electron chi connectivity index (χ1n) is 10.8. The third-order valence-corrected chi connectivity index (χ3v) is 7.33. The Bertz CT molecular complexity index is 891. The van der Waals surface area contributed by atoms with E-state index in [9.17, 15) is 14.3 Å². The molecule has 2 saturated heterocycles. The first-order valence-corrected chi connectivity index (χ1v) is 10.8. The Hall–Kier alpha value is -2.32. The summed E-state index contributed by atoms with van der Waals surface area (Å²) in [5.41, 5.74) is 0.464. The second-order valence-corrected chi connectivity index (χ2v) is 8.67. The van der Waals surface area contributed by atoms with E-state index in [0.29, 0.717) is 36.2 Å². The fourth-order valence-electron chi connectivity index (χ4n) is 5.85. The zero-order valence-electron chi connectivity index (χ0n) is 18.5. The number of hydrogen-bond acceptors (Lipinski definition) is 7. The maximum Gasteiger partial charge on any atom is 0.337 e. The molecule has 0 spiro atoms. The number of piperidine rings is 2. The van der Waals surface area contributed by atoms with Crippen LogP contribution in [0.4, 0.5) is 10.1 Å². The normalized spacial score (nSPS) is 32.4. The number of methoxy groups -OCH3 is 3. The molecule has 1 aromatic carbocycles. The topological polar surface area (TPSA) is 80.3 Å². The zero-order chi connectivity index (χ0) is 22.3. The molecule has 5 atom stereocenters. The van der Waals surface area contributed by atoms with Gasteiger partial charge < -0.3 is 24.6 Å². The molecule has 0 radical (unpaired) electrons. The van der Waals surface area contributed by atoms with E-state index >= 15 is 0 Å². The minimum Gasteiger partial charge on any atom is -0.504 e. The summed E-state index contributed by atoms with van der Waals surface area (Å²) in [7, 11) is 4.32. The van der Waals surface area contributed by atoms with Crippen molar-refractivity contribution in [2.75, 3.05) is 39.7 Å². The van der Waals surface area contributed by atoms with Gasteiger partial charge in [-0.05, 0) is 36.8 Å². The van der Waals surface area contributed by atoms with Gasteiger partial charge >= 0.3 is 5.97 Å². The van der Waals surface area contributed by atoms with Crippen molar-refractivity contribution in [2.45, 2.75) is 43.9 Å². The molecule has 0 bridgehead atoms. The number of carbonyl (C=O) groups is 1. The van der Waals surface area contributed by atoms with Crippen LogP contribution in [0.3, 0.4) is 0 Å². The van der Waals surface area contributed by atoms with E-state index < -0.39 is 17.4 Å². The Labute approximate surface area is 182 Å². The quantitative estimate of drug-likeness (QED) is 0.419.